The fourth-order valence-corrected chi connectivity index (χ4v) is 2.57. The molecule has 0 spiro atoms. The maximum absolute atomic E-state index is 11.8. The number of ether oxygens (including phenoxy) is 3. The number of aromatic nitrogens is 2. The van der Waals surface area contributed by atoms with Crippen molar-refractivity contribution in [1.29, 1.82) is 0 Å². The Bertz CT molecular complexity index is 715. The minimum atomic E-state index is -0.396. The van der Waals surface area contributed by atoms with Gasteiger partial charge in [-0.15, -0.1) is 0 Å². The van der Waals surface area contributed by atoms with Crippen LogP contribution >= 0.6 is 0 Å². The van der Waals surface area contributed by atoms with E-state index >= 15 is 0 Å². The third-order valence-electron chi connectivity index (χ3n) is 4.32. The van der Waals surface area contributed by atoms with Gasteiger partial charge in [-0.1, -0.05) is 0 Å². The number of aliphatic imine (C=N–C) groups is 1. The number of amides is 2. The summed E-state index contributed by atoms with van der Waals surface area (Å²) < 4.78 is 16.9. The third kappa shape index (κ3) is 9.14. The van der Waals surface area contributed by atoms with Gasteiger partial charge in [0.25, 0.3) is 0 Å². The number of imidazole rings is 1. The number of carbonyl (C=O) groups is 3. The number of rotatable bonds is 10. The molecule has 0 radical (unpaired) electrons. The highest BCUT2D eigenvalue weighted by Crippen LogP contribution is 2.00. The highest BCUT2D eigenvalue weighted by Gasteiger charge is 2.17. The van der Waals surface area contributed by atoms with Crippen molar-refractivity contribution in [2.75, 3.05) is 66.3 Å². The Morgan fingerprint density at radius 1 is 1.12 bits per heavy atom. The molecule has 0 saturated carbocycles. The standard InChI is InChI=1S/C15H25N5O5.C4H4N2O/c1-23-9-6-18(7-10-24-14(21)19-4-2-16-12-19)8-11-25-15(22)20-5-3-17-13-20;7-4-6-2-1-5-3-6/h2,4,13,16H,3,5-12H2,1H3;1-4H. The van der Waals surface area contributed by atoms with Gasteiger partial charge in [0.1, 0.15) is 19.5 Å². The fraction of sp³-hybridized carbons (Fsp3) is 0.526. The van der Waals surface area contributed by atoms with Crippen molar-refractivity contribution >= 4 is 24.9 Å². The molecule has 0 aliphatic carbocycles. The van der Waals surface area contributed by atoms with Gasteiger partial charge in [-0.25, -0.2) is 14.6 Å². The summed E-state index contributed by atoms with van der Waals surface area (Å²) in [6.45, 7) is 4.35. The van der Waals surface area contributed by atoms with E-state index in [2.05, 4.69) is 15.3 Å². The Kier molecular flexibility index (Phi) is 11.3. The number of nitrogens with one attached hydrogen (secondary N) is 1. The monoisotopic (exact) mass is 451 g/mol. The lowest BCUT2D eigenvalue weighted by Crippen LogP contribution is -2.37. The van der Waals surface area contributed by atoms with Crippen LogP contribution in [0.25, 0.3) is 0 Å². The second-order valence-corrected chi connectivity index (χ2v) is 6.54. The summed E-state index contributed by atoms with van der Waals surface area (Å²) in [4.78, 5) is 45.8. The Morgan fingerprint density at radius 2 is 1.84 bits per heavy atom. The molecule has 13 nitrogen and oxygen atoms in total. The molecule has 1 aromatic heterocycles. The summed E-state index contributed by atoms with van der Waals surface area (Å²) in [5, 5.41) is 2.90. The summed E-state index contributed by atoms with van der Waals surface area (Å²) in [6, 6.07) is 0. The van der Waals surface area contributed by atoms with E-state index in [-0.39, 0.29) is 13.2 Å². The lowest BCUT2D eigenvalue weighted by Gasteiger charge is -2.22. The molecule has 1 aromatic rings. The molecular formula is C19H29N7O6. The van der Waals surface area contributed by atoms with E-state index in [1.165, 1.54) is 27.0 Å². The van der Waals surface area contributed by atoms with E-state index in [0.717, 1.165) is 0 Å². The number of nitrogens with zero attached hydrogens (tertiary/aromatic N) is 6. The van der Waals surface area contributed by atoms with Crippen molar-refractivity contribution in [3.05, 3.63) is 31.1 Å². The van der Waals surface area contributed by atoms with Gasteiger partial charge in [0.15, 0.2) is 0 Å². The zero-order valence-corrected chi connectivity index (χ0v) is 18.0. The maximum Gasteiger partial charge on any atom is 0.415 e. The van der Waals surface area contributed by atoms with Gasteiger partial charge >= 0.3 is 12.2 Å². The van der Waals surface area contributed by atoms with Crippen LogP contribution in [-0.2, 0) is 19.0 Å². The highest BCUT2D eigenvalue weighted by atomic mass is 16.6. The van der Waals surface area contributed by atoms with Crippen molar-refractivity contribution in [3.8, 4) is 0 Å². The molecule has 0 aromatic carbocycles. The fourth-order valence-electron chi connectivity index (χ4n) is 2.57. The average molecular weight is 451 g/mol. The van der Waals surface area contributed by atoms with Crippen LogP contribution in [0.3, 0.4) is 0 Å². The molecule has 0 unspecified atom stereocenters. The first-order valence-corrected chi connectivity index (χ1v) is 10.0. The Morgan fingerprint density at radius 3 is 2.34 bits per heavy atom. The van der Waals surface area contributed by atoms with Crippen LogP contribution in [0.5, 0.6) is 0 Å². The van der Waals surface area contributed by atoms with Crippen molar-refractivity contribution in [1.82, 2.24) is 29.6 Å². The number of methoxy groups -OCH3 is 1. The van der Waals surface area contributed by atoms with E-state index in [0.29, 0.717) is 52.4 Å². The Balaban J connectivity index is 0.000000439. The summed E-state index contributed by atoms with van der Waals surface area (Å²) in [7, 11) is 1.62. The zero-order valence-electron chi connectivity index (χ0n) is 18.0. The van der Waals surface area contributed by atoms with Crippen LogP contribution < -0.4 is 5.32 Å². The Labute approximate surface area is 186 Å². The smallest absolute Gasteiger partial charge is 0.415 e. The van der Waals surface area contributed by atoms with Crippen LogP contribution in [0.4, 0.5) is 9.59 Å². The van der Waals surface area contributed by atoms with E-state index in [9.17, 15) is 14.4 Å². The van der Waals surface area contributed by atoms with Crippen LogP contribution in [-0.4, -0.2) is 116 Å². The van der Waals surface area contributed by atoms with Crippen molar-refractivity contribution in [2.45, 2.75) is 0 Å². The maximum atomic E-state index is 11.8. The molecule has 2 aliphatic heterocycles. The van der Waals surface area contributed by atoms with Crippen LogP contribution in [0.2, 0.25) is 0 Å². The molecule has 3 heterocycles. The SMILES string of the molecule is COCCN(CCOC(=O)N1C=NCC1)CCOC(=O)N1C=CNC1.O=Cn1ccnc1. The third-order valence-corrected chi connectivity index (χ3v) is 4.32. The van der Waals surface area contributed by atoms with Gasteiger partial charge < -0.3 is 19.5 Å². The molecule has 2 amide bonds. The van der Waals surface area contributed by atoms with E-state index in [4.69, 9.17) is 14.2 Å². The average Bonchev–Trinajstić information content (AvgIpc) is 3.60. The summed E-state index contributed by atoms with van der Waals surface area (Å²) >= 11 is 0. The first-order chi connectivity index (χ1) is 15.6. The minimum absolute atomic E-state index is 0.250. The lowest BCUT2D eigenvalue weighted by atomic mass is 10.4. The molecule has 0 saturated heterocycles. The van der Waals surface area contributed by atoms with Gasteiger partial charge in [-0.3, -0.25) is 29.1 Å². The lowest BCUT2D eigenvalue weighted by molar-refractivity contribution is 0.0772. The second-order valence-electron chi connectivity index (χ2n) is 6.54. The molecule has 32 heavy (non-hydrogen) atoms. The normalized spacial score (nSPS) is 14.2. The molecule has 3 rings (SSSR count). The number of hydrogen-bond acceptors (Lipinski definition) is 10. The molecule has 13 heteroatoms. The summed E-state index contributed by atoms with van der Waals surface area (Å²) in [5.41, 5.74) is 0. The molecule has 2 aliphatic rings. The molecule has 0 bridgehead atoms. The van der Waals surface area contributed by atoms with E-state index < -0.39 is 12.2 Å². The molecular weight excluding hydrogens is 422 g/mol. The molecule has 176 valence electrons. The number of hydrogen-bond donors (Lipinski definition) is 1. The van der Waals surface area contributed by atoms with Gasteiger partial charge in [-0.2, -0.15) is 0 Å². The van der Waals surface area contributed by atoms with E-state index in [1.54, 1.807) is 31.9 Å². The summed E-state index contributed by atoms with van der Waals surface area (Å²) in [6.07, 6.45) is 9.27. The highest BCUT2D eigenvalue weighted by molar-refractivity contribution is 5.83. The van der Waals surface area contributed by atoms with Crippen LogP contribution in [0.1, 0.15) is 0 Å². The first kappa shape index (κ1) is 24.8. The minimum Gasteiger partial charge on any atom is -0.448 e. The molecule has 0 fully saturated rings. The zero-order chi connectivity index (χ0) is 23.0. The van der Waals surface area contributed by atoms with Gasteiger partial charge in [0, 0.05) is 58.1 Å². The van der Waals surface area contributed by atoms with Crippen LogP contribution in [0.15, 0.2) is 36.1 Å². The topological polar surface area (TPSA) is 131 Å². The van der Waals surface area contributed by atoms with Crippen molar-refractivity contribution < 1.29 is 28.6 Å². The van der Waals surface area contributed by atoms with E-state index in [1.807, 2.05) is 4.90 Å². The van der Waals surface area contributed by atoms with Crippen LogP contribution in [0, 0.1) is 0 Å². The second kappa shape index (κ2) is 14.5. The molecule has 1 N–H and O–H groups in total. The predicted octanol–water partition coefficient (Wildman–Crippen LogP) is -0.193. The molecule has 0 atom stereocenters. The largest absolute Gasteiger partial charge is 0.448 e. The first-order valence-electron chi connectivity index (χ1n) is 10.0. The summed E-state index contributed by atoms with van der Waals surface area (Å²) in [5.74, 6) is 0. The van der Waals surface area contributed by atoms with Gasteiger partial charge in [0.2, 0.25) is 6.41 Å². The number of carbonyl (C=O) groups excluding carboxylic acids is 3. The Hall–Kier alpha value is -3.45. The quantitative estimate of drug-likeness (QED) is 0.481. The van der Waals surface area contributed by atoms with Gasteiger partial charge in [-0.05, 0) is 0 Å². The van der Waals surface area contributed by atoms with Crippen molar-refractivity contribution in [2.24, 2.45) is 4.99 Å². The van der Waals surface area contributed by atoms with Gasteiger partial charge in [0.05, 0.1) is 26.2 Å². The van der Waals surface area contributed by atoms with Crippen molar-refractivity contribution in [3.63, 3.8) is 0 Å². The predicted molar refractivity (Wildman–Crippen MR) is 114 cm³/mol.